The Kier molecular flexibility index (Phi) is 5.56. The summed E-state index contributed by atoms with van der Waals surface area (Å²) in [6.45, 7) is 4.98. The molecule has 0 saturated carbocycles. The molecule has 0 aliphatic rings. The predicted octanol–water partition coefficient (Wildman–Crippen LogP) is 3.97. The Bertz CT molecular complexity index is 560. The fourth-order valence-electron chi connectivity index (χ4n) is 2.02. The van der Waals surface area contributed by atoms with Crippen LogP contribution in [0.1, 0.15) is 24.1 Å². The zero-order valence-electron chi connectivity index (χ0n) is 11.8. The Morgan fingerprint density at radius 2 is 2.10 bits per heavy atom. The average molecular weight is 290 g/mol. The number of thioether (sulfide) groups is 1. The first-order valence-corrected chi connectivity index (χ1v) is 7.71. The molecule has 20 heavy (non-hydrogen) atoms. The molecule has 0 bridgehead atoms. The number of benzene rings is 1. The summed E-state index contributed by atoms with van der Waals surface area (Å²) in [6, 6.07) is 9.20. The van der Waals surface area contributed by atoms with Crippen LogP contribution >= 0.6 is 11.8 Å². The zero-order valence-corrected chi connectivity index (χ0v) is 12.6. The number of pyridine rings is 1. The van der Waals surface area contributed by atoms with Crippen LogP contribution in [0.25, 0.3) is 0 Å². The van der Waals surface area contributed by atoms with Gasteiger partial charge in [-0.1, -0.05) is 25.1 Å². The van der Waals surface area contributed by atoms with Gasteiger partial charge >= 0.3 is 0 Å². The van der Waals surface area contributed by atoms with Crippen molar-refractivity contribution in [2.75, 3.05) is 12.3 Å². The van der Waals surface area contributed by atoms with E-state index in [1.165, 1.54) is 17.8 Å². The molecule has 2 rings (SSSR count). The highest BCUT2D eigenvalue weighted by molar-refractivity contribution is 7.99. The van der Waals surface area contributed by atoms with E-state index in [9.17, 15) is 4.39 Å². The Hall–Kier alpha value is -1.39. The quantitative estimate of drug-likeness (QED) is 0.815. The van der Waals surface area contributed by atoms with E-state index in [4.69, 9.17) is 0 Å². The average Bonchev–Trinajstić information content (AvgIpc) is 2.45. The summed E-state index contributed by atoms with van der Waals surface area (Å²) in [7, 11) is 0. The van der Waals surface area contributed by atoms with Crippen LogP contribution in [-0.4, -0.2) is 17.3 Å². The van der Waals surface area contributed by atoms with Crippen molar-refractivity contribution >= 4 is 11.8 Å². The largest absolute Gasteiger partial charge is 0.309 e. The topological polar surface area (TPSA) is 24.9 Å². The van der Waals surface area contributed by atoms with E-state index in [0.717, 1.165) is 23.4 Å². The minimum Gasteiger partial charge on any atom is -0.309 e. The van der Waals surface area contributed by atoms with Gasteiger partial charge in [-0.05, 0) is 36.7 Å². The second-order valence-corrected chi connectivity index (χ2v) is 5.71. The molecule has 0 saturated heterocycles. The monoisotopic (exact) mass is 290 g/mol. The highest BCUT2D eigenvalue weighted by Crippen LogP contribution is 2.26. The summed E-state index contributed by atoms with van der Waals surface area (Å²) < 4.78 is 13.6. The molecule has 4 heteroatoms. The molecule has 1 heterocycles. The van der Waals surface area contributed by atoms with Crippen LogP contribution in [-0.2, 0) is 0 Å². The lowest BCUT2D eigenvalue weighted by Gasteiger charge is -2.18. The standard InChI is InChI=1S/C16H19FN2S/c1-3-19-15(13-8-12(2)9-18-10-13)11-20-16-7-5-4-6-14(16)17/h4-10,15,19H,3,11H2,1-2H3. The maximum atomic E-state index is 13.6. The minimum absolute atomic E-state index is 0.157. The van der Waals surface area contributed by atoms with Gasteiger partial charge in [-0.3, -0.25) is 4.98 Å². The number of hydrogen-bond donors (Lipinski definition) is 1. The minimum atomic E-state index is -0.157. The van der Waals surface area contributed by atoms with Crippen LogP contribution in [0, 0.1) is 12.7 Å². The van der Waals surface area contributed by atoms with Crippen LogP contribution in [0.4, 0.5) is 4.39 Å². The van der Waals surface area contributed by atoms with Gasteiger partial charge in [0.25, 0.3) is 0 Å². The van der Waals surface area contributed by atoms with Crippen molar-refractivity contribution in [1.29, 1.82) is 0 Å². The summed E-state index contributed by atoms with van der Waals surface area (Å²) in [5.74, 6) is 0.620. The summed E-state index contributed by atoms with van der Waals surface area (Å²) in [5, 5.41) is 3.43. The van der Waals surface area contributed by atoms with Crippen molar-refractivity contribution in [2.24, 2.45) is 0 Å². The highest BCUT2D eigenvalue weighted by Gasteiger charge is 2.12. The van der Waals surface area contributed by atoms with E-state index >= 15 is 0 Å². The Morgan fingerprint density at radius 3 is 2.80 bits per heavy atom. The molecule has 2 aromatic rings. The lowest BCUT2D eigenvalue weighted by molar-refractivity contribution is 0.594. The summed E-state index contributed by atoms with van der Waals surface area (Å²) in [5.41, 5.74) is 2.29. The second kappa shape index (κ2) is 7.41. The first-order chi connectivity index (χ1) is 9.70. The van der Waals surface area contributed by atoms with E-state index in [1.54, 1.807) is 6.07 Å². The van der Waals surface area contributed by atoms with E-state index in [1.807, 2.05) is 31.5 Å². The first-order valence-electron chi connectivity index (χ1n) is 6.73. The van der Waals surface area contributed by atoms with Crippen LogP contribution in [0.3, 0.4) is 0 Å². The van der Waals surface area contributed by atoms with Gasteiger partial charge in [-0.2, -0.15) is 0 Å². The molecular formula is C16H19FN2S. The van der Waals surface area contributed by atoms with Crippen molar-refractivity contribution in [3.8, 4) is 0 Å². The predicted molar refractivity (Wildman–Crippen MR) is 82.5 cm³/mol. The normalized spacial score (nSPS) is 12.3. The molecule has 2 nitrogen and oxygen atoms in total. The lowest BCUT2D eigenvalue weighted by Crippen LogP contribution is -2.23. The molecule has 0 amide bonds. The van der Waals surface area contributed by atoms with Gasteiger partial charge in [0.05, 0.1) is 0 Å². The number of aromatic nitrogens is 1. The van der Waals surface area contributed by atoms with Gasteiger partial charge < -0.3 is 5.32 Å². The van der Waals surface area contributed by atoms with Gasteiger partial charge in [0, 0.05) is 29.1 Å². The third kappa shape index (κ3) is 4.05. The van der Waals surface area contributed by atoms with E-state index in [2.05, 4.69) is 23.3 Å². The van der Waals surface area contributed by atoms with Gasteiger partial charge in [0.15, 0.2) is 0 Å². The van der Waals surface area contributed by atoms with Crippen LogP contribution in [0.15, 0.2) is 47.6 Å². The fourth-order valence-corrected chi connectivity index (χ4v) is 3.06. The second-order valence-electron chi connectivity index (χ2n) is 4.65. The van der Waals surface area contributed by atoms with E-state index < -0.39 is 0 Å². The van der Waals surface area contributed by atoms with Crippen molar-refractivity contribution in [2.45, 2.75) is 24.8 Å². The van der Waals surface area contributed by atoms with Gasteiger partial charge in [0.1, 0.15) is 5.82 Å². The number of nitrogens with one attached hydrogen (secondary N) is 1. The van der Waals surface area contributed by atoms with E-state index in [0.29, 0.717) is 4.90 Å². The molecular weight excluding hydrogens is 271 g/mol. The number of rotatable bonds is 6. The molecule has 0 fully saturated rings. The van der Waals surface area contributed by atoms with Gasteiger partial charge in [0.2, 0.25) is 0 Å². The molecule has 1 N–H and O–H groups in total. The highest BCUT2D eigenvalue weighted by atomic mass is 32.2. The summed E-state index contributed by atoms with van der Waals surface area (Å²) in [4.78, 5) is 4.93. The summed E-state index contributed by atoms with van der Waals surface area (Å²) >= 11 is 1.53. The van der Waals surface area contributed by atoms with Gasteiger partial charge in [-0.25, -0.2) is 4.39 Å². The van der Waals surface area contributed by atoms with Crippen molar-refractivity contribution in [3.63, 3.8) is 0 Å². The molecule has 0 radical (unpaired) electrons. The maximum Gasteiger partial charge on any atom is 0.136 e. The lowest BCUT2D eigenvalue weighted by atomic mass is 10.1. The van der Waals surface area contributed by atoms with Crippen LogP contribution in [0.5, 0.6) is 0 Å². The smallest absolute Gasteiger partial charge is 0.136 e. The molecule has 0 aliphatic carbocycles. The SMILES string of the molecule is CCNC(CSc1ccccc1F)c1cncc(C)c1. The first kappa shape index (κ1) is 15.0. The maximum absolute atomic E-state index is 13.6. The Labute approximate surface area is 123 Å². The third-order valence-electron chi connectivity index (χ3n) is 2.99. The van der Waals surface area contributed by atoms with Crippen LogP contribution in [0.2, 0.25) is 0 Å². The number of nitrogens with zero attached hydrogens (tertiary/aromatic N) is 1. The molecule has 0 aliphatic heterocycles. The Balaban J connectivity index is 2.08. The van der Waals surface area contributed by atoms with Gasteiger partial charge in [-0.15, -0.1) is 11.8 Å². The number of hydrogen-bond acceptors (Lipinski definition) is 3. The molecule has 1 aromatic carbocycles. The van der Waals surface area contributed by atoms with Crippen molar-refractivity contribution in [3.05, 3.63) is 59.7 Å². The molecule has 1 unspecified atom stereocenters. The fraction of sp³-hybridized carbons (Fsp3) is 0.312. The molecule has 1 aromatic heterocycles. The Morgan fingerprint density at radius 1 is 1.30 bits per heavy atom. The van der Waals surface area contributed by atoms with E-state index in [-0.39, 0.29) is 11.9 Å². The molecule has 1 atom stereocenters. The molecule has 0 spiro atoms. The zero-order chi connectivity index (χ0) is 14.4. The number of halogens is 1. The molecule has 106 valence electrons. The number of aryl methyl sites for hydroxylation is 1. The summed E-state index contributed by atoms with van der Waals surface area (Å²) in [6.07, 6.45) is 3.72. The van der Waals surface area contributed by atoms with Crippen molar-refractivity contribution < 1.29 is 4.39 Å². The third-order valence-corrected chi connectivity index (χ3v) is 4.13. The van der Waals surface area contributed by atoms with Crippen LogP contribution < -0.4 is 5.32 Å². The van der Waals surface area contributed by atoms with Crippen molar-refractivity contribution in [1.82, 2.24) is 10.3 Å².